The molecule has 0 saturated heterocycles. The second kappa shape index (κ2) is 39.9. The van der Waals surface area contributed by atoms with Crippen molar-refractivity contribution >= 4 is 22.8 Å². The van der Waals surface area contributed by atoms with Gasteiger partial charge in [0.2, 0.25) is 0 Å². The smallest absolute Gasteiger partial charge is 0.0633 e. The van der Waals surface area contributed by atoms with Gasteiger partial charge in [-0.25, -0.2) is 0 Å². The van der Waals surface area contributed by atoms with E-state index < -0.39 is 0 Å². The Balaban J connectivity index is 0.0000162. The molecule has 0 aromatic heterocycles. The maximum Gasteiger partial charge on any atom is 0.0633 e. The first-order chi connectivity index (χ1) is 27.7. The number of aliphatic imine (C=N–C) groups is 2. The first-order valence-electron chi connectivity index (χ1n) is 25.0. The monoisotopic (exact) mass is 875 g/mol. The third-order valence-electron chi connectivity index (χ3n) is 11.9. The van der Waals surface area contributed by atoms with Gasteiger partial charge < -0.3 is 0 Å². The number of aryl methyl sites for hydroxylation is 2. The van der Waals surface area contributed by atoms with Gasteiger partial charge in [-0.3, -0.25) is 9.98 Å². The van der Waals surface area contributed by atoms with E-state index in [2.05, 4.69) is 76.2 Å². The molecule has 2 aromatic rings. The van der Waals surface area contributed by atoms with Crippen LogP contribution in [0.3, 0.4) is 0 Å². The molecule has 0 unspecified atom stereocenters. The van der Waals surface area contributed by atoms with E-state index in [1.165, 1.54) is 228 Å². The van der Waals surface area contributed by atoms with E-state index in [1.807, 2.05) is 0 Å². The number of unbranched alkanes of at least 4 members (excludes halogenated alkanes) is 28. The first-order valence-corrected chi connectivity index (χ1v) is 25.0. The summed E-state index contributed by atoms with van der Waals surface area (Å²) in [6.45, 7) is 9.17. The van der Waals surface area contributed by atoms with E-state index in [-0.39, 0.29) is 20.4 Å². The average molecular weight is 876 g/mol. The number of hydrogen-bond acceptors (Lipinski definition) is 2. The molecule has 0 heterocycles. The molecule has 0 amide bonds. The number of benzene rings is 2. The summed E-state index contributed by atoms with van der Waals surface area (Å²) < 4.78 is 0. The fraction of sp³-hybridized carbons (Fsp3) is 0.741. The molecular formula is C54H92N2Pd. The van der Waals surface area contributed by atoms with Gasteiger partial charge in [0.15, 0.2) is 0 Å². The molecule has 2 nitrogen and oxygen atoms in total. The van der Waals surface area contributed by atoms with Crippen LogP contribution in [0.25, 0.3) is 0 Å². The van der Waals surface area contributed by atoms with Gasteiger partial charge in [-0.15, -0.1) is 0 Å². The summed E-state index contributed by atoms with van der Waals surface area (Å²) in [5, 5.41) is 0. The van der Waals surface area contributed by atoms with Crippen molar-refractivity contribution in [3.8, 4) is 0 Å². The molecule has 0 radical (unpaired) electrons. The predicted octanol–water partition coefficient (Wildman–Crippen LogP) is 19.0. The molecule has 3 heteroatoms. The Morgan fingerprint density at radius 2 is 0.526 bits per heavy atom. The normalized spacial score (nSPS) is 12.0. The van der Waals surface area contributed by atoms with Crippen molar-refractivity contribution in [3.63, 3.8) is 0 Å². The van der Waals surface area contributed by atoms with Crippen LogP contribution in [0, 0.1) is 0 Å². The second-order valence-electron chi connectivity index (χ2n) is 17.3. The van der Waals surface area contributed by atoms with Gasteiger partial charge in [0.05, 0.1) is 22.8 Å². The summed E-state index contributed by atoms with van der Waals surface area (Å²) in [6.07, 6.45) is 48.6. The van der Waals surface area contributed by atoms with E-state index in [4.69, 9.17) is 9.98 Å². The average Bonchev–Trinajstić information content (AvgIpc) is 3.22. The van der Waals surface area contributed by atoms with Crippen LogP contribution in [0.15, 0.2) is 58.5 Å². The van der Waals surface area contributed by atoms with Gasteiger partial charge >= 0.3 is 0 Å². The van der Waals surface area contributed by atoms with Crippen LogP contribution in [-0.4, -0.2) is 11.4 Å². The predicted molar refractivity (Wildman–Crippen MR) is 254 cm³/mol. The summed E-state index contributed by atoms with van der Waals surface area (Å²) in [6, 6.07) is 18.2. The Labute approximate surface area is 369 Å². The maximum absolute atomic E-state index is 5.27. The second-order valence-corrected chi connectivity index (χ2v) is 17.3. The molecule has 0 aliphatic rings. The van der Waals surface area contributed by atoms with Crippen LogP contribution in [0.2, 0.25) is 0 Å². The third kappa shape index (κ3) is 30.2. The standard InChI is InChI=1S/C54H92N2.Pd/c1-5-9-13-15-17-19-21-23-25-27-29-31-33-35-37-49-41-45-51(46-42-49)55-53(39-11-7-3)54(40-12-8-4)56-52-47-43-50(44-48-52)38-36-34-32-30-28-26-24-22-20-18-16-14-10-6-2;/h41-48H,5-40H2,1-4H3;. The Morgan fingerprint density at radius 1 is 0.298 bits per heavy atom. The molecule has 0 spiro atoms. The van der Waals surface area contributed by atoms with Crippen molar-refractivity contribution in [2.75, 3.05) is 0 Å². The van der Waals surface area contributed by atoms with Gasteiger partial charge in [0, 0.05) is 20.4 Å². The number of hydrogen-bond donors (Lipinski definition) is 0. The number of nitrogens with zero attached hydrogens (tertiary/aromatic N) is 2. The van der Waals surface area contributed by atoms with Crippen molar-refractivity contribution in [2.45, 2.75) is 259 Å². The minimum Gasteiger partial charge on any atom is -0.252 e. The van der Waals surface area contributed by atoms with Gasteiger partial charge in [-0.2, -0.15) is 0 Å². The summed E-state index contributed by atoms with van der Waals surface area (Å²) in [5.41, 5.74) is 7.43. The maximum atomic E-state index is 5.27. The topological polar surface area (TPSA) is 24.7 Å². The molecule has 328 valence electrons. The summed E-state index contributed by atoms with van der Waals surface area (Å²) in [4.78, 5) is 10.5. The van der Waals surface area contributed by atoms with E-state index >= 15 is 0 Å². The minimum atomic E-state index is 0. The molecule has 2 aromatic carbocycles. The van der Waals surface area contributed by atoms with Crippen molar-refractivity contribution in [2.24, 2.45) is 9.98 Å². The summed E-state index contributed by atoms with van der Waals surface area (Å²) in [7, 11) is 0. The van der Waals surface area contributed by atoms with Gasteiger partial charge in [0.25, 0.3) is 0 Å². The SMILES string of the molecule is CCCCCCCCCCCCCCCCc1ccc(N=C(CCCC)C(CCCC)=Nc2ccc(CCCCCCCCCCCCCCCC)cc2)cc1.[Pd]. The molecule has 0 aliphatic heterocycles. The zero-order chi connectivity index (χ0) is 40.0. The fourth-order valence-electron chi connectivity index (χ4n) is 8.05. The van der Waals surface area contributed by atoms with Crippen LogP contribution in [-0.2, 0) is 33.3 Å². The number of rotatable bonds is 39. The van der Waals surface area contributed by atoms with Crippen LogP contribution >= 0.6 is 0 Å². The first kappa shape index (κ1) is 53.5. The molecule has 0 bridgehead atoms. The molecule has 0 saturated carbocycles. The zero-order valence-electron chi connectivity index (χ0n) is 38.3. The van der Waals surface area contributed by atoms with Gasteiger partial charge in [0.1, 0.15) is 0 Å². The minimum absolute atomic E-state index is 0. The van der Waals surface area contributed by atoms with Gasteiger partial charge in [-0.05, 0) is 86.8 Å². The van der Waals surface area contributed by atoms with Crippen LogP contribution in [0.5, 0.6) is 0 Å². The largest absolute Gasteiger partial charge is 0.252 e. The van der Waals surface area contributed by atoms with Crippen molar-refractivity contribution in [3.05, 3.63) is 59.7 Å². The molecule has 0 aliphatic carbocycles. The molecule has 0 atom stereocenters. The Kier molecular flexibility index (Phi) is 37.4. The van der Waals surface area contributed by atoms with E-state index in [1.54, 1.807) is 0 Å². The van der Waals surface area contributed by atoms with Gasteiger partial charge in [-0.1, -0.05) is 232 Å². The quantitative estimate of drug-likeness (QED) is 0.0363. The molecular weight excluding hydrogens is 783 g/mol. The van der Waals surface area contributed by atoms with Crippen LogP contribution in [0.4, 0.5) is 11.4 Å². The summed E-state index contributed by atoms with van der Waals surface area (Å²) >= 11 is 0. The van der Waals surface area contributed by atoms with Crippen LogP contribution < -0.4 is 0 Å². The van der Waals surface area contributed by atoms with E-state index in [9.17, 15) is 0 Å². The van der Waals surface area contributed by atoms with Crippen molar-refractivity contribution < 1.29 is 20.4 Å². The Bertz CT molecular complexity index is 1100. The Hall–Kier alpha value is -1.56. The molecule has 0 fully saturated rings. The molecule has 2 rings (SSSR count). The molecule has 57 heavy (non-hydrogen) atoms. The molecule has 0 N–H and O–H groups in total. The third-order valence-corrected chi connectivity index (χ3v) is 11.9. The van der Waals surface area contributed by atoms with E-state index in [0.717, 1.165) is 37.1 Å². The summed E-state index contributed by atoms with van der Waals surface area (Å²) in [5.74, 6) is 0. The van der Waals surface area contributed by atoms with Crippen molar-refractivity contribution in [1.82, 2.24) is 0 Å². The van der Waals surface area contributed by atoms with Crippen LogP contribution in [0.1, 0.15) is 257 Å². The Morgan fingerprint density at radius 3 is 0.772 bits per heavy atom. The van der Waals surface area contributed by atoms with Crippen molar-refractivity contribution in [1.29, 1.82) is 0 Å². The fourth-order valence-corrected chi connectivity index (χ4v) is 8.05. The van der Waals surface area contributed by atoms with E-state index in [0.29, 0.717) is 0 Å². The zero-order valence-corrected chi connectivity index (χ0v) is 39.8.